The Morgan fingerprint density at radius 2 is 1.83 bits per heavy atom. The second-order valence-corrected chi connectivity index (χ2v) is 9.10. The van der Waals surface area contributed by atoms with Crippen LogP contribution in [0.15, 0.2) is 30.3 Å². The van der Waals surface area contributed by atoms with E-state index in [1.54, 1.807) is 11.8 Å². The number of fused-ring (bicyclic) bond motifs is 1. The van der Waals surface area contributed by atoms with Crippen molar-refractivity contribution in [2.45, 2.75) is 41.0 Å². The summed E-state index contributed by atoms with van der Waals surface area (Å²) in [5.41, 5.74) is 4.25. The standard InChI is InChI=1S/C24H32N4O2/c1-16-14-20(21-17(2)26-27(6)22(21)25-16)23(29)28(15-24(3,4)5)13-12-18-8-10-19(30-7)11-9-18/h8-11,14H,12-13,15H2,1-7H3. The number of carbonyl (C=O) groups excluding carboxylic acids is 1. The molecule has 0 bridgehead atoms. The van der Waals surface area contributed by atoms with Gasteiger partial charge in [-0.3, -0.25) is 9.48 Å². The topological polar surface area (TPSA) is 60.2 Å². The Morgan fingerprint density at radius 1 is 1.17 bits per heavy atom. The van der Waals surface area contributed by atoms with Gasteiger partial charge in [-0.1, -0.05) is 32.9 Å². The summed E-state index contributed by atoms with van der Waals surface area (Å²) in [6.07, 6.45) is 0.783. The van der Waals surface area contributed by atoms with Gasteiger partial charge in [0.05, 0.1) is 23.8 Å². The van der Waals surface area contributed by atoms with E-state index in [0.717, 1.165) is 34.6 Å². The highest BCUT2D eigenvalue weighted by molar-refractivity contribution is 6.06. The summed E-state index contributed by atoms with van der Waals surface area (Å²) >= 11 is 0. The number of hydrogen-bond acceptors (Lipinski definition) is 4. The molecule has 0 N–H and O–H groups in total. The van der Waals surface area contributed by atoms with Crippen molar-refractivity contribution in [3.05, 3.63) is 52.8 Å². The normalized spacial score (nSPS) is 11.7. The summed E-state index contributed by atoms with van der Waals surface area (Å²) in [5.74, 6) is 0.869. The minimum absolute atomic E-state index is 0.0132. The fourth-order valence-electron chi connectivity index (χ4n) is 3.79. The van der Waals surface area contributed by atoms with Gasteiger partial charge >= 0.3 is 0 Å². The predicted octanol–water partition coefficient (Wildman–Crippen LogP) is 4.32. The third kappa shape index (κ3) is 4.81. The van der Waals surface area contributed by atoms with Crippen LogP contribution in [-0.4, -0.2) is 45.8 Å². The SMILES string of the molecule is COc1ccc(CCN(CC(C)(C)C)C(=O)c2cc(C)nc3c2c(C)nn3C)cc1. The van der Waals surface area contributed by atoms with Crippen molar-refractivity contribution in [2.75, 3.05) is 20.2 Å². The molecule has 30 heavy (non-hydrogen) atoms. The highest BCUT2D eigenvalue weighted by atomic mass is 16.5. The lowest BCUT2D eigenvalue weighted by atomic mass is 9.95. The Kier molecular flexibility index (Phi) is 6.15. The van der Waals surface area contributed by atoms with Gasteiger partial charge in [0.15, 0.2) is 5.65 Å². The number of carbonyl (C=O) groups is 1. The minimum atomic E-state index is -0.0132. The van der Waals surface area contributed by atoms with Gasteiger partial charge in [0.1, 0.15) is 5.75 Å². The number of aryl methyl sites for hydroxylation is 3. The van der Waals surface area contributed by atoms with Crippen LogP contribution >= 0.6 is 0 Å². The van der Waals surface area contributed by atoms with Gasteiger partial charge in [-0.05, 0) is 49.4 Å². The number of benzene rings is 1. The summed E-state index contributed by atoms with van der Waals surface area (Å²) in [5, 5.41) is 5.33. The maximum absolute atomic E-state index is 13.7. The Hall–Kier alpha value is -2.89. The van der Waals surface area contributed by atoms with Crippen LogP contribution in [0.5, 0.6) is 5.75 Å². The van der Waals surface area contributed by atoms with Gasteiger partial charge in [-0.25, -0.2) is 4.98 Å². The third-order valence-corrected chi connectivity index (χ3v) is 5.11. The molecule has 160 valence electrons. The van der Waals surface area contributed by atoms with Crippen LogP contribution < -0.4 is 4.74 Å². The number of amides is 1. The zero-order valence-electron chi connectivity index (χ0n) is 19.1. The molecule has 0 spiro atoms. The molecule has 6 nitrogen and oxygen atoms in total. The van der Waals surface area contributed by atoms with E-state index in [0.29, 0.717) is 18.7 Å². The number of ether oxygens (including phenoxy) is 1. The van der Waals surface area contributed by atoms with Gasteiger partial charge in [0.25, 0.3) is 5.91 Å². The first-order chi connectivity index (χ1) is 14.1. The zero-order valence-corrected chi connectivity index (χ0v) is 19.1. The fourth-order valence-corrected chi connectivity index (χ4v) is 3.79. The van der Waals surface area contributed by atoms with E-state index in [1.165, 1.54) is 5.56 Å². The van der Waals surface area contributed by atoms with Crippen LogP contribution in [-0.2, 0) is 13.5 Å². The van der Waals surface area contributed by atoms with Crippen LogP contribution in [0.4, 0.5) is 0 Å². The molecule has 2 aromatic heterocycles. The molecule has 0 saturated heterocycles. The number of aromatic nitrogens is 3. The summed E-state index contributed by atoms with van der Waals surface area (Å²) in [7, 11) is 3.53. The molecule has 0 aliphatic rings. The lowest BCUT2D eigenvalue weighted by Gasteiger charge is -2.30. The van der Waals surface area contributed by atoms with Crippen LogP contribution in [0.1, 0.15) is 48.1 Å². The van der Waals surface area contributed by atoms with Crippen molar-refractivity contribution in [1.82, 2.24) is 19.7 Å². The van der Waals surface area contributed by atoms with E-state index in [4.69, 9.17) is 4.74 Å². The first-order valence-electron chi connectivity index (χ1n) is 10.3. The molecule has 2 heterocycles. The Morgan fingerprint density at radius 3 is 2.43 bits per heavy atom. The molecule has 3 rings (SSSR count). The van der Waals surface area contributed by atoms with Crippen molar-refractivity contribution in [3.63, 3.8) is 0 Å². The van der Waals surface area contributed by atoms with Crippen LogP contribution in [0, 0.1) is 19.3 Å². The Bertz CT molecular complexity index is 1050. The molecule has 0 atom stereocenters. The predicted molar refractivity (Wildman–Crippen MR) is 120 cm³/mol. The molecule has 0 aliphatic carbocycles. The molecule has 6 heteroatoms. The maximum atomic E-state index is 13.7. The summed E-state index contributed by atoms with van der Waals surface area (Å²) in [4.78, 5) is 20.3. The number of methoxy groups -OCH3 is 1. The number of rotatable bonds is 6. The first kappa shape index (κ1) is 21.8. The van der Waals surface area contributed by atoms with E-state index >= 15 is 0 Å². The van der Waals surface area contributed by atoms with Crippen molar-refractivity contribution in [2.24, 2.45) is 12.5 Å². The van der Waals surface area contributed by atoms with Gasteiger partial charge in [-0.2, -0.15) is 5.10 Å². The van der Waals surface area contributed by atoms with Crippen molar-refractivity contribution in [3.8, 4) is 5.75 Å². The highest BCUT2D eigenvalue weighted by Crippen LogP contribution is 2.25. The molecule has 0 saturated carbocycles. The maximum Gasteiger partial charge on any atom is 0.254 e. The van der Waals surface area contributed by atoms with Crippen molar-refractivity contribution < 1.29 is 9.53 Å². The fraction of sp³-hybridized carbons (Fsp3) is 0.458. The van der Waals surface area contributed by atoms with Crippen LogP contribution in [0.25, 0.3) is 11.0 Å². The van der Waals surface area contributed by atoms with E-state index < -0.39 is 0 Å². The molecular formula is C24H32N4O2. The largest absolute Gasteiger partial charge is 0.497 e. The Labute approximate surface area is 178 Å². The average molecular weight is 409 g/mol. The molecular weight excluding hydrogens is 376 g/mol. The lowest BCUT2D eigenvalue weighted by Crippen LogP contribution is -2.39. The molecule has 0 radical (unpaired) electrons. The molecule has 3 aromatic rings. The van der Waals surface area contributed by atoms with E-state index in [9.17, 15) is 4.79 Å². The van der Waals surface area contributed by atoms with E-state index in [-0.39, 0.29) is 11.3 Å². The summed E-state index contributed by atoms with van der Waals surface area (Å²) < 4.78 is 6.99. The summed E-state index contributed by atoms with van der Waals surface area (Å²) in [6, 6.07) is 9.92. The zero-order chi connectivity index (χ0) is 22.1. The molecule has 1 amide bonds. The molecule has 0 aliphatic heterocycles. The van der Waals surface area contributed by atoms with Gasteiger partial charge < -0.3 is 9.64 Å². The third-order valence-electron chi connectivity index (χ3n) is 5.11. The average Bonchev–Trinajstić information content (AvgIpc) is 2.97. The summed E-state index contributed by atoms with van der Waals surface area (Å²) in [6.45, 7) is 11.6. The smallest absolute Gasteiger partial charge is 0.254 e. The van der Waals surface area contributed by atoms with Gasteiger partial charge in [0.2, 0.25) is 0 Å². The van der Waals surface area contributed by atoms with Crippen LogP contribution in [0.3, 0.4) is 0 Å². The lowest BCUT2D eigenvalue weighted by molar-refractivity contribution is 0.0699. The number of nitrogens with zero attached hydrogens (tertiary/aromatic N) is 4. The molecule has 0 fully saturated rings. The molecule has 1 aromatic carbocycles. The highest BCUT2D eigenvalue weighted by Gasteiger charge is 2.25. The van der Waals surface area contributed by atoms with Crippen molar-refractivity contribution >= 4 is 16.9 Å². The van der Waals surface area contributed by atoms with Gasteiger partial charge in [-0.15, -0.1) is 0 Å². The first-order valence-corrected chi connectivity index (χ1v) is 10.3. The second kappa shape index (κ2) is 8.46. The minimum Gasteiger partial charge on any atom is -0.497 e. The second-order valence-electron chi connectivity index (χ2n) is 9.10. The van der Waals surface area contributed by atoms with E-state index in [2.05, 4.69) is 43.0 Å². The monoisotopic (exact) mass is 408 g/mol. The number of pyridine rings is 1. The van der Waals surface area contributed by atoms with Crippen LogP contribution in [0.2, 0.25) is 0 Å². The molecule has 0 unspecified atom stereocenters. The quantitative estimate of drug-likeness (QED) is 0.609. The van der Waals surface area contributed by atoms with Gasteiger partial charge in [0, 0.05) is 25.8 Å². The van der Waals surface area contributed by atoms with E-state index in [1.807, 2.05) is 44.0 Å². The van der Waals surface area contributed by atoms with Crippen molar-refractivity contribution in [1.29, 1.82) is 0 Å². The number of hydrogen-bond donors (Lipinski definition) is 0. The Balaban J connectivity index is 1.93.